The number of thioether (sulfide) groups is 1. The van der Waals surface area contributed by atoms with Crippen molar-refractivity contribution in [2.24, 2.45) is 0 Å². The number of rotatable bonds is 6. The number of hydrogen-bond acceptors (Lipinski definition) is 2. The molecule has 1 unspecified atom stereocenters. The van der Waals surface area contributed by atoms with Crippen LogP contribution >= 0.6 is 35.0 Å². The minimum atomic E-state index is 0.318. The van der Waals surface area contributed by atoms with Crippen LogP contribution in [0.5, 0.6) is 0 Å². The van der Waals surface area contributed by atoms with Crippen LogP contribution in [-0.2, 0) is 6.54 Å². The van der Waals surface area contributed by atoms with Gasteiger partial charge in [0.15, 0.2) is 0 Å². The van der Waals surface area contributed by atoms with E-state index in [9.17, 15) is 0 Å². The number of halogens is 2. The topological polar surface area (TPSA) is 17.8 Å². The maximum atomic E-state index is 6.32. The molecule has 5 heteroatoms. The number of hydrogen-bond donors (Lipinski definition) is 0. The first kappa shape index (κ1) is 14.8. The van der Waals surface area contributed by atoms with E-state index in [1.165, 1.54) is 0 Å². The Kier molecular flexibility index (Phi) is 5.61. The molecule has 0 bridgehead atoms. The van der Waals surface area contributed by atoms with Crippen LogP contribution in [0.25, 0.3) is 0 Å². The van der Waals surface area contributed by atoms with Gasteiger partial charge in [0.05, 0.1) is 6.33 Å². The van der Waals surface area contributed by atoms with Crippen LogP contribution in [0.3, 0.4) is 0 Å². The van der Waals surface area contributed by atoms with E-state index in [4.69, 9.17) is 23.2 Å². The molecule has 1 aromatic heterocycles. The number of benzene rings is 1. The van der Waals surface area contributed by atoms with E-state index in [1.807, 2.05) is 42.5 Å². The zero-order valence-electron chi connectivity index (χ0n) is 10.7. The highest BCUT2D eigenvalue weighted by molar-refractivity contribution is 7.99. The Balaban J connectivity index is 2.20. The smallest absolute Gasteiger partial charge is 0.0946 e. The van der Waals surface area contributed by atoms with Crippen molar-refractivity contribution in [2.45, 2.75) is 25.1 Å². The van der Waals surface area contributed by atoms with Crippen molar-refractivity contribution in [3.05, 3.63) is 52.5 Å². The van der Waals surface area contributed by atoms with Crippen molar-refractivity contribution >= 4 is 35.0 Å². The number of imidazole rings is 1. The van der Waals surface area contributed by atoms with Gasteiger partial charge in [-0.25, -0.2) is 4.98 Å². The lowest BCUT2D eigenvalue weighted by molar-refractivity contribution is 0.683. The number of aromatic nitrogens is 2. The molecule has 0 aliphatic rings. The molecule has 2 aromatic rings. The molecule has 0 aliphatic heterocycles. The predicted molar refractivity (Wildman–Crippen MR) is 84.2 cm³/mol. The average Bonchev–Trinajstić information content (AvgIpc) is 2.88. The average molecular weight is 315 g/mol. The second kappa shape index (κ2) is 7.22. The third kappa shape index (κ3) is 4.16. The second-order valence-corrected chi connectivity index (χ2v) is 6.44. The Morgan fingerprint density at radius 2 is 2.21 bits per heavy atom. The molecule has 0 saturated carbocycles. The first-order valence-electron chi connectivity index (χ1n) is 6.23. The molecule has 1 heterocycles. The Morgan fingerprint density at radius 1 is 1.37 bits per heavy atom. The van der Waals surface area contributed by atoms with Crippen LogP contribution < -0.4 is 0 Å². The molecule has 102 valence electrons. The summed E-state index contributed by atoms with van der Waals surface area (Å²) in [5.41, 5.74) is 1.14. The minimum absolute atomic E-state index is 0.318. The summed E-state index contributed by atoms with van der Waals surface area (Å²) >= 11 is 14.2. The Morgan fingerprint density at radius 3 is 2.84 bits per heavy atom. The summed E-state index contributed by atoms with van der Waals surface area (Å²) in [5.74, 6) is 1.11. The quantitative estimate of drug-likeness (QED) is 0.740. The van der Waals surface area contributed by atoms with Gasteiger partial charge in [-0.3, -0.25) is 0 Å². The molecule has 0 fully saturated rings. The fourth-order valence-electron chi connectivity index (χ4n) is 1.85. The van der Waals surface area contributed by atoms with Crippen molar-refractivity contribution in [3.8, 4) is 0 Å². The third-order valence-electron chi connectivity index (χ3n) is 2.77. The van der Waals surface area contributed by atoms with Crippen molar-refractivity contribution in [1.29, 1.82) is 0 Å². The van der Waals surface area contributed by atoms with E-state index in [2.05, 4.69) is 16.5 Å². The maximum absolute atomic E-state index is 6.32. The Hall–Kier alpha value is -0.640. The van der Waals surface area contributed by atoms with Crippen LogP contribution in [0.4, 0.5) is 0 Å². The van der Waals surface area contributed by atoms with Gasteiger partial charge in [0.1, 0.15) is 0 Å². The maximum Gasteiger partial charge on any atom is 0.0946 e. The SMILES string of the molecule is CCCSC(Cn1ccnc1)c1ccc(Cl)cc1Cl. The first-order chi connectivity index (χ1) is 9.20. The van der Waals surface area contributed by atoms with Gasteiger partial charge in [0.2, 0.25) is 0 Å². The summed E-state index contributed by atoms with van der Waals surface area (Å²) in [4.78, 5) is 4.09. The normalized spacial score (nSPS) is 12.6. The van der Waals surface area contributed by atoms with Gasteiger partial charge < -0.3 is 4.57 Å². The molecular weight excluding hydrogens is 299 g/mol. The lowest BCUT2D eigenvalue weighted by Gasteiger charge is -2.19. The summed E-state index contributed by atoms with van der Waals surface area (Å²) in [6.07, 6.45) is 6.76. The van der Waals surface area contributed by atoms with Gasteiger partial charge >= 0.3 is 0 Å². The molecule has 0 amide bonds. The highest BCUT2D eigenvalue weighted by atomic mass is 35.5. The van der Waals surface area contributed by atoms with Gasteiger partial charge in [0.25, 0.3) is 0 Å². The Bertz CT molecular complexity index is 514. The van der Waals surface area contributed by atoms with Crippen molar-refractivity contribution in [2.75, 3.05) is 5.75 Å². The molecule has 19 heavy (non-hydrogen) atoms. The largest absolute Gasteiger partial charge is 0.336 e. The highest BCUT2D eigenvalue weighted by Crippen LogP contribution is 2.36. The molecule has 0 radical (unpaired) electrons. The molecular formula is C14H16Cl2N2S. The van der Waals surface area contributed by atoms with E-state index in [0.717, 1.165) is 29.3 Å². The van der Waals surface area contributed by atoms with Crippen LogP contribution in [0.2, 0.25) is 10.0 Å². The second-order valence-electron chi connectivity index (χ2n) is 4.28. The van der Waals surface area contributed by atoms with Crippen molar-refractivity contribution in [1.82, 2.24) is 9.55 Å². The first-order valence-corrected chi connectivity index (χ1v) is 8.03. The number of nitrogens with zero attached hydrogens (tertiary/aromatic N) is 2. The highest BCUT2D eigenvalue weighted by Gasteiger charge is 2.16. The molecule has 0 N–H and O–H groups in total. The van der Waals surface area contributed by atoms with Crippen LogP contribution in [-0.4, -0.2) is 15.3 Å². The van der Waals surface area contributed by atoms with E-state index in [0.29, 0.717) is 10.3 Å². The van der Waals surface area contributed by atoms with Crippen LogP contribution in [0, 0.1) is 0 Å². The lowest BCUT2D eigenvalue weighted by atomic mass is 10.1. The zero-order chi connectivity index (χ0) is 13.7. The fourth-order valence-corrected chi connectivity index (χ4v) is 3.64. The van der Waals surface area contributed by atoms with Crippen LogP contribution in [0.15, 0.2) is 36.9 Å². The summed E-state index contributed by atoms with van der Waals surface area (Å²) in [6, 6.07) is 5.73. The molecule has 2 rings (SSSR count). The van der Waals surface area contributed by atoms with Gasteiger partial charge in [-0.1, -0.05) is 36.2 Å². The minimum Gasteiger partial charge on any atom is -0.336 e. The molecule has 0 saturated heterocycles. The fraction of sp³-hybridized carbons (Fsp3) is 0.357. The van der Waals surface area contributed by atoms with Gasteiger partial charge in [-0.15, -0.1) is 0 Å². The molecule has 0 aliphatic carbocycles. The standard InChI is InChI=1S/C14H16Cl2N2S/c1-2-7-19-14(9-18-6-5-17-10-18)12-4-3-11(15)8-13(12)16/h3-6,8,10,14H,2,7,9H2,1H3. The summed E-state index contributed by atoms with van der Waals surface area (Å²) < 4.78 is 2.08. The van der Waals surface area contributed by atoms with Gasteiger partial charge in [-0.05, 0) is 29.9 Å². The molecule has 2 nitrogen and oxygen atoms in total. The van der Waals surface area contributed by atoms with Gasteiger partial charge in [0, 0.05) is 34.2 Å². The van der Waals surface area contributed by atoms with Crippen molar-refractivity contribution in [3.63, 3.8) is 0 Å². The van der Waals surface area contributed by atoms with Crippen molar-refractivity contribution < 1.29 is 0 Å². The predicted octanol–water partition coefficient (Wildman–Crippen LogP) is 5.07. The molecule has 1 atom stereocenters. The third-order valence-corrected chi connectivity index (χ3v) is 4.78. The lowest BCUT2D eigenvalue weighted by Crippen LogP contribution is -2.06. The van der Waals surface area contributed by atoms with Gasteiger partial charge in [-0.2, -0.15) is 11.8 Å². The van der Waals surface area contributed by atoms with E-state index in [-0.39, 0.29) is 0 Å². The van der Waals surface area contributed by atoms with Crippen LogP contribution in [0.1, 0.15) is 24.2 Å². The summed E-state index contributed by atoms with van der Waals surface area (Å²) in [6.45, 7) is 3.05. The molecule has 0 spiro atoms. The molecule has 1 aromatic carbocycles. The van der Waals surface area contributed by atoms with E-state index in [1.54, 1.807) is 6.20 Å². The van der Waals surface area contributed by atoms with E-state index < -0.39 is 0 Å². The summed E-state index contributed by atoms with van der Waals surface area (Å²) in [5, 5.41) is 1.73. The Labute approximate surface area is 128 Å². The summed E-state index contributed by atoms with van der Waals surface area (Å²) in [7, 11) is 0. The monoisotopic (exact) mass is 314 g/mol. The zero-order valence-corrected chi connectivity index (χ0v) is 13.0. The van der Waals surface area contributed by atoms with E-state index >= 15 is 0 Å².